The first kappa shape index (κ1) is 29.8. The minimum Gasteiger partial charge on any atom is -0.352 e. The number of Topliss-reactive ketones (excluding diaryl/α,β-unsaturated/α-hetero) is 1. The Kier molecular flexibility index (Phi) is 8.56. The van der Waals surface area contributed by atoms with Crippen molar-refractivity contribution < 1.29 is 22.6 Å². The monoisotopic (exact) mass is 571 g/mol. The number of benzene rings is 1. The molecule has 4 aliphatic carbocycles. The highest BCUT2D eigenvalue weighted by atomic mass is 32.2. The van der Waals surface area contributed by atoms with Crippen LogP contribution >= 0.6 is 0 Å². The van der Waals surface area contributed by atoms with E-state index in [2.05, 4.69) is 26.1 Å². The van der Waals surface area contributed by atoms with Crippen molar-refractivity contribution in [2.24, 2.45) is 46.3 Å². The van der Waals surface area contributed by atoms with Gasteiger partial charge >= 0.3 is 0 Å². The van der Waals surface area contributed by atoms with Crippen LogP contribution in [0.4, 0.5) is 0 Å². The third-order valence-corrected chi connectivity index (χ3v) is 13.0. The molecule has 0 saturated heterocycles. The summed E-state index contributed by atoms with van der Waals surface area (Å²) in [5.41, 5.74) is 1.57. The van der Waals surface area contributed by atoms with Gasteiger partial charge in [0, 0.05) is 25.3 Å². The molecule has 2 N–H and O–H groups in total. The molecule has 6 nitrogen and oxygen atoms in total. The SMILES string of the molecule is C[C@H](CCC(=O)N[C@H](Cc1ccccc1)CS(=O)(=O)O)[C@H]1CC[C@H]2[C@@H]3CC[C@@H]4CC(=O)CC[C@]4(C)[C@H]3CC[C@]12C. The lowest BCUT2D eigenvalue weighted by Gasteiger charge is -2.60. The van der Waals surface area contributed by atoms with Crippen LogP contribution in [0.15, 0.2) is 30.3 Å². The van der Waals surface area contributed by atoms with E-state index in [1.807, 2.05) is 30.3 Å². The predicted molar refractivity (Wildman–Crippen MR) is 157 cm³/mol. The average molecular weight is 572 g/mol. The molecule has 0 unspecified atom stereocenters. The lowest BCUT2D eigenvalue weighted by Crippen LogP contribution is -2.53. The summed E-state index contributed by atoms with van der Waals surface area (Å²) in [6.07, 6.45) is 11.7. The number of carbonyl (C=O) groups is 2. The zero-order valence-corrected chi connectivity index (χ0v) is 25.4. The molecule has 1 aromatic carbocycles. The van der Waals surface area contributed by atoms with Gasteiger partial charge in [-0.1, -0.05) is 51.1 Å². The van der Waals surface area contributed by atoms with Crippen LogP contribution in [0.2, 0.25) is 0 Å². The molecule has 0 heterocycles. The highest BCUT2D eigenvalue weighted by molar-refractivity contribution is 7.85. The van der Waals surface area contributed by atoms with Crippen molar-refractivity contribution in [1.29, 1.82) is 0 Å². The normalized spacial score (nSPS) is 37.1. The molecule has 0 aromatic heterocycles. The van der Waals surface area contributed by atoms with Gasteiger partial charge in [-0.25, -0.2) is 0 Å². The maximum atomic E-state index is 13.0. The van der Waals surface area contributed by atoms with Gasteiger partial charge in [0.05, 0.1) is 5.75 Å². The maximum Gasteiger partial charge on any atom is 0.266 e. The summed E-state index contributed by atoms with van der Waals surface area (Å²) in [4.78, 5) is 25.2. The third kappa shape index (κ3) is 6.06. The van der Waals surface area contributed by atoms with Crippen LogP contribution in [-0.2, 0) is 26.1 Å². The number of amides is 1. The molecule has 9 atom stereocenters. The second-order valence-corrected chi connectivity index (χ2v) is 15.8. The van der Waals surface area contributed by atoms with Gasteiger partial charge in [0.2, 0.25) is 5.91 Å². The molecular formula is C33H49NO5S. The minimum atomic E-state index is -4.21. The van der Waals surface area contributed by atoms with Gasteiger partial charge in [-0.15, -0.1) is 0 Å². The fourth-order valence-corrected chi connectivity index (χ4v) is 10.9. The lowest BCUT2D eigenvalue weighted by molar-refractivity contribution is -0.140. The first-order valence-corrected chi connectivity index (χ1v) is 17.3. The van der Waals surface area contributed by atoms with Crippen LogP contribution in [0, 0.1) is 46.3 Å². The highest BCUT2D eigenvalue weighted by Gasteiger charge is 2.60. The summed E-state index contributed by atoms with van der Waals surface area (Å²) in [6.45, 7) is 7.34. The Hall–Kier alpha value is -1.73. The first-order chi connectivity index (χ1) is 18.9. The highest BCUT2D eigenvalue weighted by Crippen LogP contribution is 2.68. The topological polar surface area (TPSA) is 101 Å². The number of hydrogen-bond acceptors (Lipinski definition) is 4. The van der Waals surface area contributed by atoms with E-state index in [-0.39, 0.29) is 5.91 Å². The van der Waals surface area contributed by atoms with Gasteiger partial charge in [-0.3, -0.25) is 14.1 Å². The van der Waals surface area contributed by atoms with Gasteiger partial charge < -0.3 is 5.32 Å². The quantitative estimate of drug-likeness (QED) is 0.342. The van der Waals surface area contributed by atoms with Gasteiger partial charge in [0.1, 0.15) is 5.78 Å². The maximum absolute atomic E-state index is 13.0. The number of rotatable bonds is 9. The van der Waals surface area contributed by atoms with E-state index in [0.717, 1.165) is 49.0 Å². The first-order valence-electron chi connectivity index (χ1n) is 15.7. The fourth-order valence-electron chi connectivity index (χ4n) is 10.2. The van der Waals surface area contributed by atoms with Gasteiger partial charge in [0.25, 0.3) is 10.1 Å². The molecule has 0 aliphatic heterocycles. The molecule has 5 rings (SSSR count). The Morgan fingerprint density at radius 3 is 2.48 bits per heavy atom. The average Bonchev–Trinajstić information content (AvgIpc) is 3.24. The molecule has 40 heavy (non-hydrogen) atoms. The van der Waals surface area contributed by atoms with E-state index in [9.17, 15) is 22.6 Å². The second-order valence-electron chi connectivity index (χ2n) is 14.3. The summed E-state index contributed by atoms with van der Waals surface area (Å²) >= 11 is 0. The van der Waals surface area contributed by atoms with Crippen LogP contribution in [0.3, 0.4) is 0 Å². The molecular weight excluding hydrogens is 522 g/mol. The van der Waals surface area contributed by atoms with E-state index in [4.69, 9.17) is 0 Å². The van der Waals surface area contributed by atoms with Crippen LogP contribution < -0.4 is 5.32 Å². The van der Waals surface area contributed by atoms with E-state index in [0.29, 0.717) is 47.2 Å². The van der Waals surface area contributed by atoms with Crippen molar-refractivity contribution in [3.8, 4) is 0 Å². The third-order valence-electron chi connectivity index (χ3n) is 12.2. The van der Waals surface area contributed by atoms with Crippen molar-refractivity contribution in [3.63, 3.8) is 0 Å². The summed E-state index contributed by atoms with van der Waals surface area (Å²) in [5.74, 6) is 3.72. The van der Waals surface area contributed by atoms with Crippen LogP contribution in [0.25, 0.3) is 0 Å². The summed E-state index contributed by atoms with van der Waals surface area (Å²) in [7, 11) is -4.21. The number of nitrogens with one attached hydrogen (secondary N) is 1. The van der Waals surface area contributed by atoms with Crippen molar-refractivity contribution in [3.05, 3.63) is 35.9 Å². The number of fused-ring (bicyclic) bond motifs is 5. The molecule has 7 heteroatoms. The molecule has 1 amide bonds. The Bertz CT molecular complexity index is 1180. The minimum absolute atomic E-state index is 0.141. The molecule has 4 fully saturated rings. The van der Waals surface area contributed by atoms with E-state index in [1.165, 1.54) is 38.5 Å². The zero-order chi connectivity index (χ0) is 28.7. The van der Waals surface area contributed by atoms with Gasteiger partial charge in [0.15, 0.2) is 0 Å². The second kappa shape index (κ2) is 11.5. The number of hydrogen-bond donors (Lipinski definition) is 2. The van der Waals surface area contributed by atoms with Crippen molar-refractivity contribution in [1.82, 2.24) is 5.32 Å². The Morgan fingerprint density at radius 1 is 1.02 bits per heavy atom. The number of carbonyl (C=O) groups excluding carboxylic acids is 2. The fraction of sp³-hybridized carbons (Fsp3) is 0.758. The summed E-state index contributed by atoms with van der Waals surface area (Å²) in [6, 6.07) is 8.80. The van der Waals surface area contributed by atoms with Crippen LogP contribution in [0.5, 0.6) is 0 Å². The molecule has 0 bridgehead atoms. The molecule has 4 aliphatic rings. The summed E-state index contributed by atoms with van der Waals surface area (Å²) in [5, 5.41) is 2.90. The van der Waals surface area contributed by atoms with Crippen molar-refractivity contribution >= 4 is 21.8 Å². The Labute approximate surface area is 241 Å². The molecule has 222 valence electrons. The molecule has 1 aromatic rings. The van der Waals surface area contributed by atoms with Crippen molar-refractivity contribution in [2.75, 3.05) is 5.75 Å². The van der Waals surface area contributed by atoms with E-state index >= 15 is 0 Å². The predicted octanol–water partition coefficient (Wildman–Crippen LogP) is 6.25. The van der Waals surface area contributed by atoms with Crippen LogP contribution in [0.1, 0.15) is 97.0 Å². The smallest absolute Gasteiger partial charge is 0.266 e. The zero-order valence-electron chi connectivity index (χ0n) is 24.6. The van der Waals surface area contributed by atoms with Crippen LogP contribution in [-0.4, -0.2) is 36.5 Å². The van der Waals surface area contributed by atoms with Crippen molar-refractivity contribution in [2.45, 2.75) is 104 Å². The molecule has 0 spiro atoms. The van der Waals surface area contributed by atoms with Gasteiger partial charge in [-0.2, -0.15) is 8.42 Å². The largest absolute Gasteiger partial charge is 0.352 e. The van der Waals surface area contributed by atoms with E-state index in [1.54, 1.807) is 0 Å². The number of ketones is 1. The lowest BCUT2D eigenvalue weighted by atomic mass is 9.44. The summed E-state index contributed by atoms with van der Waals surface area (Å²) < 4.78 is 32.7. The Morgan fingerprint density at radius 2 is 1.75 bits per heavy atom. The van der Waals surface area contributed by atoms with Gasteiger partial charge in [-0.05, 0) is 110 Å². The standard InChI is InChI=1S/C33H49NO5S/c1-22(9-14-31(36)34-25(21-40(37,38)39)19-23-7-5-4-6-8-23)28-12-13-29-27-11-10-24-20-26(35)15-17-32(24,2)30(27)16-18-33(28,29)3/h4-8,22,24-25,27-30H,9-21H2,1-3H3,(H,34,36)(H,37,38,39)/t22-,24-,25-,27+,28-,29+,30+,32+,33-/m1/s1. The molecule has 4 saturated carbocycles. The Balaban J connectivity index is 1.19. The van der Waals surface area contributed by atoms with E-state index < -0.39 is 21.9 Å². The molecule has 0 radical (unpaired) electrons.